The number of thiophene rings is 1. The van der Waals surface area contributed by atoms with Gasteiger partial charge in [-0.1, -0.05) is 25.1 Å². The maximum atomic E-state index is 3.49. The van der Waals surface area contributed by atoms with Crippen LogP contribution in [-0.2, 0) is 6.42 Å². The van der Waals surface area contributed by atoms with Crippen LogP contribution in [0, 0.1) is 6.92 Å². The van der Waals surface area contributed by atoms with E-state index < -0.39 is 0 Å². The second-order valence-electron chi connectivity index (χ2n) is 3.62. The van der Waals surface area contributed by atoms with Crippen molar-refractivity contribution in [3.63, 3.8) is 0 Å². The van der Waals surface area contributed by atoms with Crippen molar-refractivity contribution in [3.8, 4) is 10.4 Å². The van der Waals surface area contributed by atoms with Gasteiger partial charge in [0.2, 0.25) is 0 Å². The van der Waals surface area contributed by atoms with Crippen molar-refractivity contribution in [1.29, 1.82) is 0 Å². The summed E-state index contributed by atoms with van der Waals surface area (Å²) in [6, 6.07) is 8.89. The van der Waals surface area contributed by atoms with Crippen LogP contribution < -0.4 is 0 Å². The molecule has 0 atom stereocenters. The minimum atomic E-state index is 1.11. The lowest BCUT2D eigenvalue weighted by atomic mass is 10.0. The molecule has 0 unspecified atom stereocenters. The topological polar surface area (TPSA) is 0 Å². The molecule has 0 bridgehead atoms. The Kier molecular flexibility index (Phi) is 3.27. The molecule has 0 saturated heterocycles. The van der Waals surface area contributed by atoms with E-state index in [1.165, 1.54) is 26.0 Å². The van der Waals surface area contributed by atoms with Gasteiger partial charge in [0.1, 0.15) is 0 Å². The van der Waals surface area contributed by atoms with E-state index in [0.29, 0.717) is 0 Å². The van der Waals surface area contributed by atoms with Crippen molar-refractivity contribution in [3.05, 3.63) is 45.2 Å². The number of aryl methyl sites for hydroxylation is 2. The molecule has 1 aromatic carbocycles. The molecule has 1 aromatic heterocycles. The first kappa shape index (κ1) is 10.9. The Hall–Kier alpha value is -0.600. The SMILES string of the molecule is CCc1ccc(-c2cc(Br)cs2)cc1C. The molecule has 2 rings (SSSR count). The molecule has 0 spiro atoms. The molecule has 0 amide bonds. The summed E-state index contributed by atoms with van der Waals surface area (Å²) in [5.74, 6) is 0. The maximum absolute atomic E-state index is 3.49. The molecule has 0 aliphatic carbocycles. The fourth-order valence-corrected chi connectivity index (χ4v) is 3.14. The third-order valence-corrected chi connectivity index (χ3v) is 4.32. The first-order valence-corrected chi connectivity index (χ1v) is 6.72. The molecule has 0 radical (unpaired) electrons. The quantitative estimate of drug-likeness (QED) is 0.722. The number of hydrogen-bond acceptors (Lipinski definition) is 1. The minimum absolute atomic E-state index is 1.11. The maximum Gasteiger partial charge on any atom is 0.0354 e. The van der Waals surface area contributed by atoms with E-state index in [4.69, 9.17) is 0 Å². The highest BCUT2D eigenvalue weighted by atomic mass is 79.9. The highest BCUT2D eigenvalue weighted by molar-refractivity contribution is 9.10. The lowest BCUT2D eigenvalue weighted by molar-refractivity contribution is 1.11. The molecule has 1 heterocycles. The van der Waals surface area contributed by atoms with Gasteiger partial charge in [-0.3, -0.25) is 0 Å². The normalized spacial score (nSPS) is 10.6. The lowest BCUT2D eigenvalue weighted by Gasteiger charge is -2.04. The third-order valence-electron chi connectivity index (χ3n) is 2.58. The monoisotopic (exact) mass is 280 g/mol. The zero-order valence-corrected chi connectivity index (χ0v) is 11.3. The van der Waals surface area contributed by atoms with Crippen LogP contribution in [0.25, 0.3) is 10.4 Å². The molecule has 15 heavy (non-hydrogen) atoms. The van der Waals surface area contributed by atoms with Crippen LogP contribution in [0.4, 0.5) is 0 Å². The summed E-state index contributed by atoms with van der Waals surface area (Å²) < 4.78 is 1.17. The van der Waals surface area contributed by atoms with Crippen LogP contribution in [0.5, 0.6) is 0 Å². The number of benzene rings is 1. The predicted molar refractivity (Wildman–Crippen MR) is 71.6 cm³/mol. The van der Waals surface area contributed by atoms with Crippen molar-refractivity contribution in [2.24, 2.45) is 0 Å². The van der Waals surface area contributed by atoms with Crippen LogP contribution >= 0.6 is 27.3 Å². The summed E-state index contributed by atoms with van der Waals surface area (Å²) in [7, 11) is 0. The van der Waals surface area contributed by atoms with Gasteiger partial charge in [-0.25, -0.2) is 0 Å². The van der Waals surface area contributed by atoms with Crippen molar-refractivity contribution in [2.75, 3.05) is 0 Å². The van der Waals surface area contributed by atoms with Gasteiger partial charge >= 0.3 is 0 Å². The summed E-state index contributed by atoms with van der Waals surface area (Å²) in [4.78, 5) is 1.33. The average molecular weight is 281 g/mol. The van der Waals surface area contributed by atoms with E-state index in [2.05, 4.69) is 59.4 Å². The number of halogens is 1. The predicted octanol–water partition coefficient (Wildman–Crippen LogP) is 5.05. The summed E-state index contributed by atoms with van der Waals surface area (Å²) in [6.07, 6.45) is 1.11. The Morgan fingerprint density at radius 3 is 2.60 bits per heavy atom. The largest absolute Gasteiger partial charge is 0.143 e. The van der Waals surface area contributed by atoms with Gasteiger partial charge in [0.15, 0.2) is 0 Å². The number of hydrogen-bond donors (Lipinski definition) is 0. The molecule has 0 nitrogen and oxygen atoms in total. The first-order chi connectivity index (χ1) is 7.20. The Bertz CT molecular complexity index is 471. The summed E-state index contributed by atoms with van der Waals surface area (Å²) in [5.41, 5.74) is 4.15. The number of rotatable bonds is 2. The van der Waals surface area contributed by atoms with Crippen molar-refractivity contribution >= 4 is 27.3 Å². The van der Waals surface area contributed by atoms with Gasteiger partial charge in [0.25, 0.3) is 0 Å². The van der Waals surface area contributed by atoms with Gasteiger partial charge in [0.05, 0.1) is 0 Å². The fraction of sp³-hybridized carbons (Fsp3) is 0.231. The summed E-state index contributed by atoms with van der Waals surface area (Å²) in [6.45, 7) is 4.38. The van der Waals surface area contributed by atoms with Gasteiger partial charge in [-0.15, -0.1) is 11.3 Å². The average Bonchev–Trinajstić information content (AvgIpc) is 2.65. The zero-order valence-electron chi connectivity index (χ0n) is 8.88. The Balaban J connectivity index is 2.42. The molecule has 0 N–H and O–H groups in total. The van der Waals surface area contributed by atoms with Gasteiger partial charge < -0.3 is 0 Å². The summed E-state index contributed by atoms with van der Waals surface area (Å²) in [5, 5.41) is 2.12. The smallest absolute Gasteiger partial charge is 0.0354 e. The van der Waals surface area contributed by atoms with E-state index in [1.807, 2.05) is 0 Å². The van der Waals surface area contributed by atoms with Crippen LogP contribution in [0.3, 0.4) is 0 Å². The van der Waals surface area contributed by atoms with Crippen LogP contribution in [0.1, 0.15) is 18.1 Å². The van der Waals surface area contributed by atoms with E-state index in [1.54, 1.807) is 11.3 Å². The Morgan fingerprint density at radius 1 is 1.27 bits per heavy atom. The Morgan fingerprint density at radius 2 is 2.07 bits per heavy atom. The fourth-order valence-electron chi connectivity index (χ4n) is 1.71. The van der Waals surface area contributed by atoms with Crippen LogP contribution in [-0.4, -0.2) is 0 Å². The second kappa shape index (κ2) is 4.50. The van der Waals surface area contributed by atoms with Crippen molar-refractivity contribution < 1.29 is 0 Å². The van der Waals surface area contributed by atoms with Gasteiger partial charge in [0, 0.05) is 14.7 Å². The molecule has 0 aliphatic rings. The zero-order chi connectivity index (χ0) is 10.8. The molecule has 0 saturated carbocycles. The van der Waals surface area contributed by atoms with E-state index in [-0.39, 0.29) is 0 Å². The molecular weight excluding hydrogens is 268 g/mol. The van der Waals surface area contributed by atoms with E-state index >= 15 is 0 Å². The van der Waals surface area contributed by atoms with Gasteiger partial charge in [-0.2, -0.15) is 0 Å². The van der Waals surface area contributed by atoms with Crippen molar-refractivity contribution in [2.45, 2.75) is 20.3 Å². The standard InChI is InChI=1S/C13H13BrS/c1-3-10-4-5-11(6-9(10)2)13-7-12(14)8-15-13/h4-8H,3H2,1-2H3. The molecule has 0 fully saturated rings. The highest BCUT2D eigenvalue weighted by Gasteiger charge is 2.03. The van der Waals surface area contributed by atoms with Crippen LogP contribution in [0.2, 0.25) is 0 Å². The molecule has 2 aromatic rings. The van der Waals surface area contributed by atoms with Crippen molar-refractivity contribution in [1.82, 2.24) is 0 Å². The third kappa shape index (κ3) is 2.32. The first-order valence-electron chi connectivity index (χ1n) is 5.04. The Labute approximate surface area is 103 Å². The van der Waals surface area contributed by atoms with E-state index in [0.717, 1.165) is 6.42 Å². The van der Waals surface area contributed by atoms with Gasteiger partial charge in [-0.05, 0) is 52.0 Å². The second-order valence-corrected chi connectivity index (χ2v) is 5.45. The lowest BCUT2D eigenvalue weighted by Crippen LogP contribution is -1.86. The molecular formula is C13H13BrS. The van der Waals surface area contributed by atoms with Crippen LogP contribution in [0.15, 0.2) is 34.1 Å². The highest BCUT2D eigenvalue weighted by Crippen LogP contribution is 2.30. The summed E-state index contributed by atoms with van der Waals surface area (Å²) >= 11 is 5.26. The minimum Gasteiger partial charge on any atom is -0.143 e. The molecule has 2 heteroatoms. The molecule has 78 valence electrons. The molecule has 0 aliphatic heterocycles. The van der Waals surface area contributed by atoms with E-state index in [9.17, 15) is 0 Å².